The minimum Gasteiger partial charge on any atom is -0.0886 e. The van der Waals surface area contributed by atoms with Crippen LogP contribution in [0.4, 0.5) is 0 Å². The highest BCUT2D eigenvalue weighted by molar-refractivity contribution is 9.10. The summed E-state index contributed by atoms with van der Waals surface area (Å²) in [4.78, 5) is 0. The van der Waals surface area contributed by atoms with Crippen molar-refractivity contribution in [3.8, 4) is 11.1 Å². The molecule has 0 bridgehead atoms. The Hall–Kier alpha value is -1.02. The van der Waals surface area contributed by atoms with Gasteiger partial charge in [-0.05, 0) is 40.8 Å². The van der Waals surface area contributed by atoms with Crippen LogP contribution in [0.3, 0.4) is 0 Å². The number of fused-ring (bicyclic) bond motifs is 3. The highest BCUT2D eigenvalue weighted by atomic mass is 79.9. The summed E-state index contributed by atoms with van der Waals surface area (Å²) >= 11 is 3.52. The summed E-state index contributed by atoms with van der Waals surface area (Å²) in [7, 11) is 2.15. The fourth-order valence-corrected chi connectivity index (χ4v) is 2.72. The van der Waals surface area contributed by atoms with Crippen molar-refractivity contribution < 1.29 is 0 Å². The van der Waals surface area contributed by atoms with Crippen molar-refractivity contribution in [3.63, 3.8) is 0 Å². The van der Waals surface area contributed by atoms with Gasteiger partial charge in [0.2, 0.25) is 0 Å². The van der Waals surface area contributed by atoms with E-state index in [0.717, 1.165) is 6.42 Å². The number of halogens is 1. The van der Waals surface area contributed by atoms with Gasteiger partial charge in [0, 0.05) is 4.47 Å². The molecule has 2 aromatic carbocycles. The third kappa shape index (κ3) is 1.44. The van der Waals surface area contributed by atoms with Crippen LogP contribution >= 0.6 is 15.9 Å². The molecule has 0 radical (unpaired) electrons. The van der Waals surface area contributed by atoms with Crippen LogP contribution in [-0.2, 0) is 6.42 Å². The molecule has 1 aliphatic rings. The van der Waals surface area contributed by atoms with Crippen molar-refractivity contribution in [3.05, 3.63) is 52.0 Å². The molecule has 0 nitrogen and oxygen atoms in total. The minimum atomic E-state index is 1.08. The van der Waals surface area contributed by atoms with Gasteiger partial charge < -0.3 is 0 Å². The average molecular weight is 257 g/mol. The summed E-state index contributed by atoms with van der Waals surface area (Å²) in [5.41, 5.74) is 7.05. The molecule has 0 saturated carbocycles. The molecule has 0 amide bonds. The van der Waals surface area contributed by atoms with E-state index in [1.165, 1.54) is 32.2 Å². The van der Waals surface area contributed by atoms with Gasteiger partial charge in [0.05, 0.1) is 0 Å². The van der Waals surface area contributed by atoms with E-state index < -0.39 is 0 Å². The third-order valence-corrected chi connectivity index (χ3v) is 3.49. The first-order chi connectivity index (χ1) is 7.24. The first kappa shape index (κ1) is 9.23. The van der Waals surface area contributed by atoms with Crippen LogP contribution in [-0.4, -0.2) is 7.85 Å². The fourth-order valence-electron chi connectivity index (χ4n) is 2.31. The largest absolute Gasteiger partial charge is 0.139 e. The molecule has 0 fully saturated rings. The lowest BCUT2D eigenvalue weighted by molar-refractivity contribution is 1.26. The van der Waals surface area contributed by atoms with Gasteiger partial charge in [-0.1, -0.05) is 45.7 Å². The Kier molecular flexibility index (Phi) is 1.99. The van der Waals surface area contributed by atoms with Crippen molar-refractivity contribution in [1.82, 2.24) is 0 Å². The molecule has 2 heteroatoms. The smallest absolute Gasteiger partial charge is 0.0886 e. The Morgan fingerprint density at radius 2 is 1.60 bits per heavy atom. The predicted molar refractivity (Wildman–Crippen MR) is 70.6 cm³/mol. The number of benzene rings is 2. The van der Waals surface area contributed by atoms with Gasteiger partial charge in [-0.3, -0.25) is 0 Å². The average Bonchev–Trinajstić information content (AvgIpc) is 2.53. The zero-order chi connectivity index (χ0) is 10.4. The lowest BCUT2D eigenvalue weighted by Crippen LogP contribution is -2.01. The van der Waals surface area contributed by atoms with E-state index >= 15 is 0 Å². The summed E-state index contributed by atoms with van der Waals surface area (Å²) in [6, 6.07) is 13.3. The maximum atomic E-state index is 3.52. The van der Waals surface area contributed by atoms with Crippen molar-refractivity contribution in [2.24, 2.45) is 0 Å². The summed E-state index contributed by atoms with van der Waals surface area (Å²) < 4.78 is 1.17. The Morgan fingerprint density at radius 1 is 0.933 bits per heavy atom. The monoisotopic (exact) mass is 256 g/mol. The maximum absolute atomic E-state index is 3.52. The van der Waals surface area contributed by atoms with Gasteiger partial charge in [-0.2, -0.15) is 0 Å². The number of hydrogen-bond donors (Lipinski definition) is 0. The molecule has 1 aliphatic carbocycles. The quantitative estimate of drug-likeness (QED) is 0.542. The van der Waals surface area contributed by atoms with E-state index in [2.05, 4.69) is 60.2 Å². The van der Waals surface area contributed by atoms with Gasteiger partial charge in [-0.25, -0.2) is 0 Å². The van der Waals surface area contributed by atoms with E-state index in [9.17, 15) is 0 Å². The standard InChI is InChI=1S/C13H10BBr/c14-10-1-3-12-8(6-10)5-9-7-11(15)2-4-13(9)12/h1-4,6-7H,5,14H2. The summed E-state index contributed by atoms with van der Waals surface area (Å²) in [5, 5.41) is 0. The summed E-state index contributed by atoms with van der Waals surface area (Å²) in [6.07, 6.45) is 1.08. The molecule has 15 heavy (non-hydrogen) atoms. The van der Waals surface area contributed by atoms with Gasteiger partial charge in [-0.15, -0.1) is 0 Å². The van der Waals surface area contributed by atoms with E-state index in [0.29, 0.717) is 0 Å². The first-order valence-corrected chi connectivity index (χ1v) is 5.92. The highest BCUT2D eigenvalue weighted by Crippen LogP contribution is 2.36. The molecule has 0 N–H and O–H groups in total. The van der Waals surface area contributed by atoms with Crippen molar-refractivity contribution in [1.29, 1.82) is 0 Å². The van der Waals surface area contributed by atoms with Crippen LogP contribution in [0, 0.1) is 0 Å². The number of rotatable bonds is 0. The SMILES string of the molecule is Bc1ccc2c(c1)Cc1cc(Br)ccc1-2. The molecule has 0 saturated heterocycles. The lowest BCUT2D eigenvalue weighted by atomic mass is 9.92. The normalized spacial score (nSPS) is 12.3. The second kappa shape index (κ2) is 3.24. The van der Waals surface area contributed by atoms with Crippen molar-refractivity contribution in [2.45, 2.75) is 6.42 Å². The van der Waals surface area contributed by atoms with E-state index in [1.807, 2.05) is 0 Å². The molecule has 0 atom stereocenters. The highest BCUT2D eigenvalue weighted by Gasteiger charge is 2.17. The molecule has 0 heterocycles. The lowest BCUT2D eigenvalue weighted by Gasteiger charge is -2.01. The molecule has 0 aliphatic heterocycles. The van der Waals surface area contributed by atoms with E-state index in [4.69, 9.17) is 0 Å². The number of hydrogen-bond acceptors (Lipinski definition) is 0. The fraction of sp³-hybridized carbons (Fsp3) is 0.0769. The van der Waals surface area contributed by atoms with Crippen LogP contribution in [0.25, 0.3) is 11.1 Å². The second-order valence-corrected chi connectivity index (χ2v) is 5.05. The molecule has 0 aromatic heterocycles. The Labute approximate surface area is 98.9 Å². The molecule has 2 aromatic rings. The summed E-state index contributed by atoms with van der Waals surface area (Å²) in [5.74, 6) is 0. The predicted octanol–water partition coefficient (Wildman–Crippen LogP) is 2.28. The Morgan fingerprint density at radius 3 is 2.40 bits per heavy atom. The topological polar surface area (TPSA) is 0 Å². The van der Waals surface area contributed by atoms with Gasteiger partial charge in [0.1, 0.15) is 7.85 Å². The Balaban J connectivity index is 2.24. The van der Waals surface area contributed by atoms with Gasteiger partial charge in [0.15, 0.2) is 0 Å². The molecular weight excluding hydrogens is 247 g/mol. The Bertz CT molecular complexity index is 497. The second-order valence-electron chi connectivity index (χ2n) is 4.14. The molecule has 3 rings (SSSR count). The van der Waals surface area contributed by atoms with E-state index in [-0.39, 0.29) is 0 Å². The maximum Gasteiger partial charge on any atom is 0.139 e. The van der Waals surface area contributed by atoms with Crippen LogP contribution in [0.15, 0.2) is 40.9 Å². The zero-order valence-electron chi connectivity index (χ0n) is 8.55. The minimum absolute atomic E-state index is 1.08. The molecule has 0 spiro atoms. The summed E-state index contributed by atoms with van der Waals surface area (Å²) in [6.45, 7) is 0. The van der Waals surface area contributed by atoms with Crippen LogP contribution in [0.5, 0.6) is 0 Å². The molecular formula is C13H10BBr. The van der Waals surface area contributed by atoms with Gasteiger partial charge in [0.25, 0.3) is 0 Å². The van der Waals surface area contributed by atoms with Crippen molar-refractivity contribution in [2.75, 3.05) is 0 Å². The van der Waals surface area contributed by atoms with Crippen LogP contribution in [0.2, 0.25) is 0 Å². The van der Waals surface area contributed by atoms with Crippen LogP contribution in [0.1, 0.15) is 11.1 Å². The van der Waals surface area contributed by atoms with Gasteiger partial charge >= 0.3 is 0 Å². The zero-order valence-corrected chi connectivity index (χ0v) is 10.1. The third-order valence-electron chi connectivity index (χ3n) is 3.00. The molecule has 72 valence electrons. The van der Waals surface area contributed by atoms with E-state index in [1.54, 1.807) is 0 Å². The molecule has 0 unspecified atom stereocenters. The first-order valence-electron chi connectivity index (χ1n) is 5.12. The van der Waals surface area contributed by atoms with Crippen LogP contribution < -0.4 is 5.46 Å². The van der Waals surface area contributed by atoms with Crippen molar-refractivity contribution >= 4 is 29.2 Å².